The van der Waals surface area contributed by atoms with E-state index in [0.29, 0.717) is 0 Å². The van der Waals surface area contributed by atoms with Gasteiger partial charge >= 0.3 is 0 Å². The highest BCUT2D eigenvalue weighted by molar-refractivity contribution is 7.80. The summed E-state index contributed by atoms with van der Waals surface area (Å²) in [4.78, 5) is 0. The minimum absolute atomic E-state index is 0.249. The summed E-state index contributed by atoms with van der Waals surface area (Å²) < 4.78 is 0. The Morgan fingerprint density at radius 3 is 2.06 bits per heavy atom. The van der Waals surface area contributed by atoms with Crippen molar-refractivity contribution in [2.45, 2.75) is 30.6 Å². The van der Waals surface area contributed by atoms with Gasteiger partial charge in [-0.2, -0.15) is 0 Å². The van der Waals surface area contributed by atoms with E-state index in [2.05, 4.69) is 21.7 Å². The lowest BCUT2D eigenvalue weighted by atomic mass is 10.0. The molecule has 17 heavy (non-hydrogen) atoms. The molecule has 4 atom stereocenters. The number of nitrogens with one attached hydrogen (secondary N) is 4. The fraction of sp³-hybridized carbons (Fsp3) is 0.857. The highest BCUT2D eigenvalue weighted by atomic mass is 32.1. The summed E-state index contributed by atoms with van der Waals surface area (Å²) in [6.07, 6.45) is -7.17. The zero-order chi connectivity index (χ0) is 13.0. The van der Waals surface area contributed by atoms with Crippen LogP contribution in [0.2, 0.25) is 0 Å². The molecule has 1 heterocycles. The monoisotopic (exact) mass is 268 g/mol. The molecule has 0 saturated carbocycles. The molecule has 0 aromatic carbocycles. The fourth-order valence-electron chi connectivity index (χ4n) is 1.26. The second-order valence-electron chi connectivity index (χ2n) is 3.57. The number of hydrogen-bond donors (Lipinski definition) is 9. The number of thiocarbonyl (C=S) groups is 1. The van der Waals surface area contributed by atoms with E-state index in [0.717, 1.165) is 0 Å². The Hall–Kier alpha value is -0.590. The van der Waals surface area contributed by atoms with Crippen molar-refractivity contribution in [1.82, 2.24) is 21.7 Å². The first-order chi connectivity index (χ1) is 7.97. The van der Waals surface area contributed by atoms with Crippen LogP contribution in [0.1, 0.15) is 0 Å². The molecule has 10 heteroatoms. The summed E-state index contributed by atoms with van der Waals surface area (Å²) in [6, 6.07) is 0. The van der Waals surface area contributed by atoms with Gasteiger partial charge in [0.05, 0.1) is 6.61 Å². The SMILES string of the molecule is OC[C@@H](O)[C@@H](O)[C@H](O)[C@H](O)C1NNC(=S)NN1. The maximum atomic E-state index is 9.69. The third-order valence-electron chi connectivity index (χ3n) is 2.31. The van der Waals surface area contributed by atoms with Crippen molar-refractivity contribution in [2.75, 3.05) is 6.61 Å². The molecular weight excluding hydrogens is 252 g/mol. The van der Waals surface area contributed by atoms with Crippen molar-refractivity contribution < 1.29 is 25.5 Å². The molecule has 1 saturated heterocycles. The number of aliphatic hydroxyl groups excluding tert-OH is 5. The lowest BCUT2D eigenvalue weighted by molar-refractivity contribution is -0.126. The van der Waals surface area contributed by atoms with Crippen LogP contribution in [-0.4, -0.2) is 67.8 Å². The average Bonchev–Trinajstić information content (AvgIpc) is 2.36. The van der Waals surface area contributed by atoms with Crippen LogP contribution in [0.5, 0.6) is 0 Å². The maximum absolute atomic E-state index is 9.69. The van der Waals surface area contributed by atoms with Gasteiger partial charge in [0.2, 0.25) is 0 Å². The van der Waals surface area contributed by atoms with Crippen molar-refractivity contribution in [2.24, 2.45) is 0 Å². The van der Waals surface area contributed by atoms with Crippen LogP contribution in [0.3, 0.4) is 0 Å². The minimum atomic E-state index is -1.67. The second-order valence-corrected chi connectivity index (χ2v) is 3.98. The first kappa shape index (κ1) is 14.5. The van der Waals surface area contributed by atoms with Gasteiger partial charge < -0.3 is 25.5 Å². The van der Waals surface area contributed by atoms with E-state index < -0.39 is 37.2 Å². The molecule has 1 aliphatic heterocycles. The molecule has 9 N–H and O–H groups in total. The zero-order valence-corrected chi connectivity index (χ0v) is 9.55. The van der Waals surface area contributed by atoms with Gasteiger partial charge in [0.1, 0.15) is 30.6 Å². The molecule has 1 rings (SSSR count). The van der Waals surface area contributed by atoms with Crippen LogP contribution in [-0.2, 0) is 0 Å². The van der Waals surface area contributed by atoms with Crippen molar-refractivity contribution in [3.8, 4) is 0 Å². The molecule has 0 aromatic rings. The molecule has 0 aliphatic carbocycles. The number of rotatable bonds is 5. The lowest BCUT2D eigenvalue weighted by Crippen LogP contribution is -2.71. The molecule has 0 unspecified atom stereocenters. The van der Waals surface area contributed by atoms with Gasteiger partial charge in [-0.25, -0.2) is 10.9 Å². The van der Waals surface area contributed by atoms with Gasteiger partial charge in [-0.3, -0.25) is 10.9 Å². The van der Waals surface area contributed by atoms with Crippen LogP contribution >= 0.6 is 12.2 Å². The molecule has 100 valence electrons. The Morgan fingerprint density at radius 2 is 1.59 bits per heavy atom. The molecule has 0 bridgehead atoms. The number of hydrazine groups is 2. The summed E-state index contributed by atoms with van der Waals surface area (Å²) in [5, 5.41) is 46.6. The number of aliphatic hydroxyl groups is 5. The Bertz CT molecular complexity index is 261. The van der Waals surface area contributed by atoms with Crippen molar-refractivity contribution in [1.29, 1.82) is 0 Å². The Kier molecular flexibility index (Phi) is 5.42. The maximum Gasteiger partial charge on any atom is 0.195 e. The van der Waals surface area contributed by atoms with E-state index >= 15 is 0 Å². The zero-order valence-electron chi connectivity index (χ0n) is 8.74. The Morgan fingerprint density at radius 1 is 1.06 bits per heavy atom. The standard InChI is InChI=1S/C7H16N4O5S/c12-1-2(13)3(14)4(15)5(16)6-8-10-7(17)11-9-6/h2-6,8-9,12-16H,1H2,(H2,10,11,17)/t2-,3-,4+,5+/m1/s1. The molecule has 1 aliphatic rings. The van der Waals surface area contributed by atoms with Gasteiger partial charge in [-0.1, -0.05) is 0 Å². The summed E-state index contributed by atoms with van der Waals surface area (Å²) in [6.45, 7) is -0.725. The average molecular weight is 268 g/mol. The predicted octanol–water partition coefficient (Wildman–Crippen LogP) is -4.76. The normalized spacial score (nSPS) is 24.4. The molecular formula is C7H16N4O5S. The molecule has 0 radical (unpaired) electrons. The third kappa shape index (κ3) is 3.69. The third-order valence-corrected chi connectivity index (χ3v) is 2.51. The van der Waals surface area contributed by atoms with E-state index in [9.17, 15) is 15.3 Å². The highest BCUT2D eigenvalue weighted by Crippen LogP contribution is 2.07. The lowest BCUT2D eigenvalue weighted by Gasteiger charge is -2.35. The summed E-state index contributed by atoms with van der Waals surface area (Å²) in [7, 11) is 0. The van der Waals surface area contributed by atoms with E-state index in [4.69, 9.17) is 22.4 Å². The smallest absolute Gasteiger partial charge is 0.195 e. The van der Waals surface area contributed by atoms with E-state index in [1.54, 1.807) is 0 Å². The van der Waals surface area contributed by atoms with Gasteiger partial charge in [0.25, 0.3) is 0 Å². The Balaban J connectivity index is 2.50. The topological polar surface area (TPSA) is 149 Å². The van der Waals surface area contributed by atoms with Crippen LogP contribution in [0.15, 0.2) is 0 Å². The van der Waals surface area contributed by atoms with E-state index in [-0.39, 0.29) is 5.11 Å². The molecule has 1 fully saturated rings. The molecule has 0 spiro atoms. The first-order valence-corrected chi connectivity index (χ1v) is 5.28. The van der Waals surface area contributed by atoms with Crippen LogP contribution in [0, 0.1) is 0 Å². The predicted molar refractivity (Wildman–Crippen MR) is 60.0 cm³/mol. The fourth-order valence-corrected chi connectivity index (χ4v) is 1.38. The largest absolute Gasteiger partial charge is 0.394 e. The van der Waals surface area contributed by atoms with Gasteiger partial charge in [-0.15, -0.1) is 0 Å². The van der Waals surface area contributed by atoms with Crippen molar-refractivity contribution in [3.63, 3.8) is 0 Å². The highest BCUT2D eigenvalue weighted by Gasteiger charge is 2.35. The Labute approximate surface area is 102 Å². The van der Waals surface area contributed by atoms with Crippen molar-refractivity contribution in [3.05, 3.63) is 0 Å². The molecule has 0 aromatic heterocycles. The molecule has 9 nitrogen and oxygen atoms in total. The van der Waals surface area contributed by atoms with E-state index in [1.165, 1.54) is 0 Å². The number of hydrogen-bond acceptors (Lipinski definition) is 8. The first-order valence-electron chi connectivity index (χ1n) is 4.87. The van der Waals surface area contributed by atoms with Gasteiger partial charge in [0, 0.05) is 0 Å². The van der Waals surface area contributed by atoms with Crippen LogP contribution in [0.25, 0.3) is 0 Å². The van der Waals surface area contributed by atoms with Crippen LogP contribution in [0.4, 0.5) is 0 Å². The molecule has 0 amide bonds. The minimum Gasteiger partial charge on any atom is -0.394 e. The van der Waals surface area contributed by atoms with Gasteiger partial charge in [-0.05, 0) is 12.2 Å². The quantitative estimate of drug-likeness (QED) is 0.222. The van der Waals surface area contributed by atoms with Crippen LogP contribution < -0.4 is 21.7 Å². The van der Waals surface area contributed by atoms with Crippen molar-refractivity contribution >= 4 is 17.3 Å². The summed E-state index contributed by atoms with van der Waals surface area (Å²) >= 11 is 4.71. The summed E-state index contributed by atoms with van der Waals surface area (Å²) in [5.74, 6) is 0. The second kappa shape index (κ2) is 6.37. The van der Waals surface area contributed by atoms with E-state index in [1.807, 2.05) is 0 Å². The summed E-state index contributed by atoms with van der Waals surface area (Å²) in [5.41, 5.74) is 10.0. The van der Waals surface area contributed by atoms with Gasteiger partial charge in [0.15, 0.2) is 5.11 Å².